The summed E-state index contributed by atoms with van der Waals surface area (Å²) < 4.78 is 1.16. The first-order chi connectivity index (χ1) is 12.2. The van der Waals surface area contributed by atoms with Gasteiger partial charge in [-0.05, 0) is 24.6 Å². The molecule has 0 unspecified atom stereocenters. The standard InChI is InChI=1S/C18H18N4O4/c1-8(2)16(24)20-10-5-4-9(3)12(6-10)22-13(23)7-11-14(15(22)19)18(26)21-17(11)25/h4-8H,19H2,1-3H3,(H,20,24)(H,21,25,26). The lowest BCUT2D eigenvalue weighted by Gasteiger charge is -2.16. The van der Waals surface area contributed by atoms with Crippen molar-refractivity contribution in [1.82, 2.24) is 9.88 Å². The minimum Gasteiger partial charge on any atom is -0.384 e. The summed E-state index contributed by atoms with van der Waals surface area (Å²) >= 11 is 0. The number of nitrogens with one attached hydrogen (secondary N) is 2. The van der Waals surface area contributed by atoms with Crippen molar-refractivity contribution in [2.45, 2.75) is 20.8 Å². The summed E-state index contributed by atoms with van der Waals surface area (Å²) in [5.41, 5.74) is 7.09. The van der Waals surface area contributed by atoms with Gasteiger partial charge in [0.1, 0.15) is 5.82 Å². The maximum atomic E-state index is 12.6. The van der Waals surface area contributed by atoms with Gasteiger partial charge < -0.3 is 11.1 Å². The molecule has 0 saturated heterocycles. The first-order valence-corrected chi connectivity index (χ1v) is 8.03. The van der Waals surface area contributed by atoms with Crippen LogP contribution in [0.25, 0.3) is 5.69 Å². The van der Waals surface area contributed by atoms with Crippen LogP contribution in [0, 0.1) is 12.8 Å². The van der Waals surface area contributed by atoms with Gasteiger partial charge in [0.25, 0.3) is 17.4 Å². The largest absolute Gasteiger partial charge is 0.384 e. The van der Waals surface area contributed by atoms with E-state index in [2.05, 4.69) is 10.6 Å². The van der Waals surface area contributed by atoms with Gasteiger partial charge in [0.15, 0.2) is 0 Å². The van der Waals surface area contributed by atoms with Crippen LogP contribution in [0.5, 0.6) is 0 Å². The highest BCUT2D eigenvalue weighted by Gasteiger charge is 2.32. The van der Waals surface area contributed by atoms with Crippen molar-refractivity contribution >= 4 is 29.2 Å². The molecule has 0 atom stereocenters. The molecule has 0 spiro atoms. The average Bonchev–Trinajstić information content (AvgIpc) is 2.84. The Morgan fingerprint density at radius 2 is 1.85 bits per heavy atom. The van der Waals surface area contributed by atoms with Gasteiger partial charge in [-0.15, -0.1) is 0 Å². The van der Waals surface area contributed by atoms with Crippen molar-refractivity contribution in [2.24, 2.45) is 5.92 Å². The van der Waals surface area contributed by atoms with Gasteiger partial charge in [0, 0.05) is 17.7 Å². The van der Waals surface area contributed by atoms with Crippen molar-refractivity contribution < 1.29 is 14.4 Å². The highest BCUT2D eigenvalue weighted by molar-refractivity contribution is 6.23. The van der Waals surface area contributed by atoms with Crippen LogP contribution in [0.1, 0.15) is 40.1 Å². The molecule has 4 N–H and O–H groups in total. The number of nitrogen functional groups attached to an aromatic ring is 1. The zero-order valence-corrected chi connectivity index (χ0v) is 14.5. The number of imide groups is 1. The third-order valence-corrected chi connectivity index (χ3v) is 4.20. The second-order valence-electron chi connectivity index (χ2n) is 6.42. The van der Waals surface area contributed by atoms with E-state index < -0.39 is 17.4 Å². The Morgan fingerprint density at radius 3 is 2.50 bits per heavy atom. The number of fused-ring (bicyclic) bond motifs is 1. The number of carbonyl (C=O) groups excluding carboxylic acids is 3. The highest BCUT2D eigenvalue weighted by atomic mass is 16.2. The summed E-state index contributed by atoms with van der Waals surface area (Å²) in [6.45, 7) is 5.31. The Balaban J connectivity index is 2.17. The number of amides is 3. The smallest absolute Gasteiger partial charge is 0.262 e. The molecule has 0 bridgehead atoms. The molecule has 0 fully saturated rings. The fourth-order valence-corrected chi connectivity index (χ4v) is 2.74. The molecule has 8 nitrogen and oxygen atoms in total. The molecule has 0 saturated carbocycles. The zero-order chi connectivity index (χ0) is 19.2. The maximum Gasteiger partial charge on any atom is 0.262 e. The molecule has 1 aliphatic rings. The molecule has 0 aliphatic carbocycles. The van der Waals surface area contributed by atoms with Crippen LogP contribution in [0.2, 0.25) is 0 Å². The van der Waals surface area contributed by atoms with Crippen LogP contribution in [0.4, 0.5) is 11.5 Å². The third kappa shape index (κ3) is 2.75. The lowest BCUT2D eigenvalue weighted by Crippen LogP contribution is -2.25. The normalized spacial score (nSPS) is 12.9. The number of nitrogens with zero attached hydrogens (tertiary/aromatic N) is 1. The minimum absolute atomic E-state index is 0.0226. The van der Waals surface area contributed by atoms with Gasteiger partial charge in [0.2, 0.25) is 5.91 Å². The summed E-state index contributed by atoms with van der Waals surface area (Å²) in [6, 6.07) is 6.14. The lowest BCUT2D eigenvalue weighted by atomic mass is 10.1. The zero-order valence-electron chi connectivity index (χ0n) is 14.5. The molecule has 1 aliphatic heterocycles. The number of carbonyl (C=O) groups is 3. The van der Waals surface area contributed by atoms with Gasteiger partial charge in [-0.1, -0.05) is 19.9 Å². The SMILES string of the molecule is Cc1ccc(NC(=O)C(C)C)cc1-n1c(N)c2c(cc1=O)C(=O)NC2=O. The van der Waals surface area contributed by atoms with Crippen LogP contribution >= 0.6 is 0 Å². The van der Waals surface area contributed by atoms with Gasteiger partial charge in [-0.2, -0.15) is 0 Å². The van der Waals surface area contributed by atoms with Gasteiger partial charge in [-0.25, -0.2) is 0 Å². The molecular formula is C18H18N4O4. The van der Waals surface area contributed by atoms with E-state index in [4.69, 9.17) is 5.73 Å². The molecule has 1 aromatic heterocycles. The molecule has 3 amide bonds. The summed E-state index contributed by atoms with van der Waals surface area (Å²) in [4.78, 5) is 48.2. The summed E-state index contributed by atoms with van der Waals surface area (Å²) in [6.07, 6.45) is 0. The first-order valence-electron chi connectivity index (χ1n) is 8.03. The van der Waals surface area contributed by atoms with Crippen molar-refractivity contribution in [2.75, 3.05) is 11.1 Å². The fraction of sp³-hybridized carbons (Fsp3) is 0.222. The molecule has 2 aromatic rings. The van der Waals surface area contributed by atoms with E-state index in [9.17, 15) is 19.2 Å². The predicted molar refractivity (Wildman–Crippen MR) is 96.5 cm³/mol. The Hall–Kier alpha value is -3.42. The molecule has 0 radical (unpaired) electrons. The molecule has 134 valence electrons. The third-order valence-electron chi connectivity index (χ3n) is 4.20. The number of anilines is 2. The van der Waals surface area contributed by atoms with Gasteiger partial charge >= 0.3 is 0 Å². The number of aromatic nitrogens is 1. The van der Waals surface area contributed by atoms with Crippen molar-refractivity contribution in [3.8, 4) is 5.69 Å². The Kier molecular flexibility index (Phi) is 4.11. The fourth-order valence-electron chi connectivity index (χ4n) is 2.74. The Morgan fingerprint density at radius 1 is 1.15 bits per heavy atom. The van der Waals surface area contributed by atoms with Crippen molar-refractivity contribution in [3.05, 3.63) is 51.3 Å². The van der Waals surface area contributed by atoms with E-state index in [0.29, 0.717) is 16.9 Å². The molecule has 1 aromatic carbocycles. The number of aryl methyl sites for hydroxylation is 1. The van der Waals surface area contributed by atoms with E-state index >= 15 is 0 Å². The minimum atomic E-state index is -0.643. The number of hydrogen-bond donors (Lipinski definition) is 3. The quantitative estimate of drug-likeness (QED) is 0.715. The monoisotopic (exact) mass is 354 g/mol. The molecular weight excluding hydrogens is 336 g/mol. The Labute approximate surface area is 149 Å². The number of nitrogens with two attached hydrogens (primary N) is 1. The highest BCUT2D eigenvalue weighted by Crippen LogP contribution is 2.26. The Bertz CT molecular complexity index is 1020. The summed E-state index contributed by atoms with van der Waals surface area (Å²) in [7, 11) is 0. The van der Waals surface area contributed by atoms with Crippen molar-refractivity contribution in [1.29, 1.82) is 0 Å². The van der Waals surface area contributed by atoms with Crippen LogP contribution in [-0.2, 0) is 4.79 Å². The number of hydrogen-bond acceptors (Lipinski definition) is 5. The van der Waals surface area contributed by atoms with Crippen molar-refractivity contribution in [3.63, 3.8) is 0 Å². The lowest BCUT2D eigenvalue weighted by molar-refractivity contribution is -0.118. The first kappa shape index (κ1) is 17.4. The van der Waals surface area contributed by atoms with Gasteiger partial charge in [0.05, 0.1) is 16.8 Å². The average molecular weight is 354 g/mol. The second kappa shape index (κ2) is 6.14. The van der Waals surface area contributed by atoms with Gasteiger partial charge in [-0.3, -0.25) is 29.1 Å². The van der Waals surface area contributed by atoms with Crippen LogP contribution in [-0.4, -0.2) is 22.3 Å². The van der Waals surface area contributed by atoms with Crippen LogP contribution in [0.3, 0.4) is 0 Å². The van der Waals surface area contributed by atoms with E-state index in [1.54, 1.807) is 39.0 Å². The van der Waals surface area contributed by atoms with E-state index in [1.165, 1.54) is 0 Å². The molecule has 2 heterocycles. The molecule has 26 heavy (non-hydrogen) atoms. The maximum absolute atomic E-state index is 12.6. The second-order valence-corrected chi connectivity index (χ2v) is 6.42. The van der Waals surface area contributed by atoms with E-state index in [-0.39, 0.29) is 28.8 Å². The summed E-state index contributed by atoms with van der Waals surface area (Å²) in [5.74, 6) is -1.78. The van der Waals surface area contributed by atoms with Crippen LogP contribution in [0.15, 0.2) is 29.1 Å². The van der Waals surface area contributed by atoms with E-state index in [0.717, 1.165) is 10.6 Å². The number of benzene rings is 1. The number of rotatable bonds is 3. The number of pyridine rings is 1. The van der Waals surface area contributed by atoms with Crippen LogP contribution < -0.4 is 21.9 Å². The van der Waals surface area contributed by atoms with E-state index in [1.807, 2.05) is 0 Å². The topological polar surface area (TPSA) is 123 Å². The predicted octanol–water partition coefficient (Wildman–Crippen LogP) is 1.21. The molecule has 3 rings (SSSR count). The summed E-state index contributed by atoms with van der Waals surface area (Å²) in [5, 5.41) is 4.88. The molecule has 8 heteroatoms.